The highest BCUT2D eigenvalue weighted by molar-refractivity contribution is 5.79. The first-order valence-electron chi connectivity index (χ1n) is 7.99. The van der Waals surface area contributed by atoms with Gasteiger partial charge in [0.25, 0.3) is 0 Å². The molecule has 3 heterocycles. The van der Waals surface area contributed by atoms with E-state index in [-0.39, 0.29) is 5.54 Å². The molecule has 0 saturated carbocycles. The fourth-order valence-electron chi connectivity index (χ4n) is 3.64. The molecule has 5 heteroatoms. The molecular weight excluding hydrogens is 276 g/mol. The van der Waals surface area contributed by atoms with Crippen LogP contribution in [0.15, 0.2) is 24.4 Å². The Morgan fingerprint density at radius 3 is 2.73 bits per heavy atom. The number of likely N-dealkylation sites (tertiary alicyclic amines) is 1. The number of anilines is 1. The van der Waals surface area contributed by atoms with Crippen molar-refractivity contribution < 1.29 is 4.74 Å². The molecule has 22 heavy (non-hydrogen) atoms. The Labute approximate surface area is 130 Å². The molecular formula is C17H22N4O. The van der Waals surface area contributed by atoms with Crippen molar-refractivity contribution in [3.8, 4) is 0 Å². The Morgan fingerprint density at radius 1 is 1.27 bits per heavy atom. The Bertz CT molecular complexity index is 690. The molecule has 2 fully saturated rings. The molecule has 2 aromatic rings. The quantitative estimate of drug-likeness (QED) is 0.920. The van der Waals surface area contributed by atoms with E-state index in [0.29, 0.717) is 11.9 Å². The molecule has 0 unspecified atom stereocenters. The van der Waals surface area contributed by atoms with Crippen molar-refractivity contribution >= 4 is 16.9 Å². The topological polar surface area (TPSA) is 64.3 Å². The SMILES string of the molecule is CC1(N2CCC(c3ccc4cnc(N)nc4c3)CC2)COC1. The molecule has 116 valence electrons. The fourth-order valence-corrected chi connectivity index (χ4v) is 3.64. The molecule has 1 aromatic heterocycles. The second kappa shape index (κ2) is 5.18. The van der Waals surface area contributed by atoms with Gasteiger partial charge < -0.3 is 10.5 Å². The molecule has 0 aliphatic carbocycles. The van der Waals surface area contributed by atoms with Crippen molar-refractivity contribution in [2.75, 3.05) is 32.0 Å². The highest BCUT2D eigenvalue weighted by Crippen LogP contribution is 2.34. The lowest BCUT2D eigenvalue weighted by molar-refractivity contribution is -0.136. The predicted octanol–water partition coefficient (Wildman–Crippen LogP) is 2.18. The molecule has 2 aliphatic rings. The van der Waals surface area contributed by atoms with Crippen LogP contribution >= 0.6 is 0 Å². The Hall–Kier alpha value is -1.72. The van der Waals surface area contributed by atoms with Crippen LogP contribution in [0.25, 0.3) is 10.9 Å². The zero-order valence-corrected chi connectivity index (χ0v) is 13.0. The van der Waals surface area contributed by atoms with Gasteiger partial charge in [0.2, 0.25) is 5.95 Å². The molecule has 0 bridgehead atoms. The summed E-state index contributed by atoms with van der Waals surface area (Å²) in [7, 11) is 0. The van der Waals surface area contributed by atoms with Gasteiger partial charge in [-0.15, -0.1) is 0 Å². The molecule has 0 atom stereocenters. The van der Waals surface area contributed by atoms with Crippen LogP contribution in [0.2, 0.25) is 0 Å². The number of ether oxygens (including phenoxy) is 1. The van der Waals surface area contributed by atoms with E-state index in [1.165, 1.54) is 18.4 Å². The number of nitrogens with zero attached hydrogens (tertiary/aromatic N) is 3. The van der Waals surface area contributed by atoms with Crippen molar-refractivity contribution in [3.63, 3.8) is 0 Å². The van der Waals surface area contributed by atoms with E-state index in [9.17, 15) is 0 Å². The lowest BCUT2D eigenvalue weighted by Crippen LogP contribution is -2.61. The Balaban J connectivity index is 1.51. The Morgan fingerprint density at radius 2 is 2.05 bits per heavy atom. The van der Waals surface area contributed by atoms with Gasteiger partial charge in [0, 0.05) is 11.6 Å². The molecule has 2 saturated heterocycles. The van der Waals surface area contributed by atoms with Gasteiger partial charge in [-0.2, -0.15) is 0 Å². The van der Waals surface area contributed by atoms with Gasteiger partial charge in [0.1, 0.15) is 0 Å². The molecule has 2 aliphatic heterocycles. The highest BCUT2D eigenvalue weighted by Gasteiger charge is 2.40. The monoisotopic (exact) mass is 298 g/mol. The minimum absolute atomic E-state index is 0.274. The van der Waals surface area contributed by atoms with Gasteiger partial charge in [0.15, 0.2) is 0 Å². The van der Waals surface area contributed by atoms with E-state index in [1.807, 2.05) is 0 Å². The number of fused-ring (bicyclic) bond motifs is 1. The van der Waals surface area contributed by atoms with E-state index >= 15 is 0 Å². The van der Waals surface area contributed by atoms with Crippen molar-refractivity contribution in [1.29, 1.82) is 0 Å². The van der Waals surface area contributed by atoms with Gasteiger partial charge in [-0.05, 0) is 50.4 Å². The third-order valence-corrected chi connectivity index (χ3v) is 5.18. The van der Waals surface area contributed by atoms with Crippen LogP contribution in [0.3, 0.4) is 0 Å². The Kier molecular flexibility index (Phi) is 3.27. The van der Waals surface area contributed by atoms with Gasteiger partial charge in [-0.25, -0.2) is 9.97 Å². The minimum atomic E-state index is 0.274. The number of hydrogen-bond acceptors (Lipinski definition) is 5. The van der Waals surface area contributed by atoms with Gasteiger partial charge in [-0.1, -0.05) is 12.1 Å². The number of nitrogens with two attached hydrogens (primary N) is 1. The summed E-state index contributed by atoms with van der Waals surface area (Å²) < 4.78 is 5.39. The summed E-state index contributed by atoms with van der Waals surface area (Å²) >= 11 is 0. The molecule has 4 rings (SSSR count). The summed E-state index contributed by atoms with van der Waals surface area (Å²) in [5, 5.41) is 1.05. The summed E-state index contributed by atoms with van der Waals surface area (Å²) in [6.07, 6.45) is 4.19. The number of rotatable bonds is 2. The average Bonchev–Trinajstić information content (AvgIpc) is 2.52. The van der Waals surface area contributed by atoms with Gasteiger partial charge in [0.05, 0.1) is 24.3 Å². The molecule has 1 aromatic carbocycles. The molecule has 0 amide bonds. The van der Waals surface area contributed by atoms with Crippen LogP contribution in [0.5, 0.6) is 0 Å². The largest absolute Gasteiger partial charge is 0.377 e. The number of benzene rings is 1. The molecule has 0 spiro atoms. The number of aromatic nitrogens is 2. The third-order valence-electron chi connectivity index (χ3n) is 5.18. The van der Waals surface area contributed by atoms with Crippen LogP contribution in [0, 0.1) is 0 Å². The van der Waals surface area contributed by atoms with Crippen LogP contribution in [0.1, 0.15) is 31.2 Å². The van der Waals surface area contributed by atoms with Gasteiger partial charge in [-0.3, -0.25) is 4.90 Å². The number of hydrogen-bond donors (Lipinski definition) is 1. The van der Waals surface area contributed by atoms with Crippen LogP contribution in [0.4, 0.5) is 5.95 Å². The number of piperidine rings is 1. The van der Waals surface area contributed by atoms with E-state index in [2.05, 4.69) is 40.0 Å². The van der Waals surface area contributed by atoms with E-state index in [1.54, 1.807) is 6.20 Å². The second-order valence-electron chi connectivity index (χ2n) is 6.80. The van der Waals surface area contributed by atoms with Crippen LogP contribution in [-0.2, 0) is 4.74 Å². The van der Waals surface area contributed by atoms with Crippen LogP contribution in [-0.4, -0.2) is 46.7 Å². The zero-order valence-electron chi connectivity index (χ0n) is 13.0. The van der Waals surface area contributed by atoms with Crippen molar-refractivity contribution in [1.82, 2.24) is 14.9 Å². The normalized spacial score (nSPS) is 22.6. The summed E-state index contributed by atoms with van der Waals surface area (Å²) in [6, 6.07) is 6.51. The maximum atomic E-state index is 5.70. The van der Waals surface area contributed by atoms with Crippen molar-refractivity contribution in [3.05, 3.63) is 30.0 Å². The minimum Gasteiger partial charge on any atom is -0.377 e. The van der Waals surface area contributed by atoms with Crippen LogP contribution < -0.4 is 5.73 Å². The zero-order chi connectivity index (χ0) is 15.2. The molecule has 2 N–H and O–H groups in total. The molecule has 0 radical (unpaired) electrons. The fraction of sp³-hybridized carbons (Fsp3) is 0.529. The molecule has 5 nitrogen and oxygen atoms in total. The first-order valence-corrected chi connectivity index (χ1v) is 7.99. The van der Waals surface area contributed by atoms with E-state index in [4.69, 9.17) is 10.5 Å². The smallest absolute Gasteiger partial charge is 0.220 e. The lowest BCUT2D eigenvalue weighted by atomic mass is 9.86. The number of nitrogen functional groups attached to an aromatic ring is 1. The van der Waals surface area contributed by atoms with E-state index in [0.717, 1.165) is 37.2 Å². The standard InChI is InChI=1S/C17H22N4O/c1-17(10-22-11-17)21-6-4-12(5-7-21)13-2-3-14-9-19-16(18)20-15(14)8-13/h2-3,8-9,12H,4-7,10-11H2,1H3,(H2,18,19,20). The predicted molar refractivity (Wildman–Crippen MR) is 86.7 cm³/mol. The van der Waals surface area contributed by atoms with E-state index < -0.39 is 0 Å². The lowest BCUT2D eigenvalue weighted by Gasteiger charge is -2.49. The second-order valence-corrected chi connectivity index (χ2v) is 6.80. The first-order chi connectivity index (χ1) is 10.6. The van der Waals surface area contributed by atoms with Gasteiger partial charge >= 0.3 is 0 Å². The summed E-state index contributed by atoms with van der Waals surface area (Å²) in [4.78, 5) is 11.0. The summed E-state index contributed by atoms with van der Waals surface area (Å²) in [5.41, 5.74) is 8.30. The van der Waals surface area contributed by atoms with Crippen molar-refractivity contribution in [2.24, 2.45) is 0 Å². The third kappa shape index (κ3) is 2.34. The summed E-state index contributed by atoms with van der Waals surface area (Å²) in [5.74, 6) is 0.957. The highest BCUT2D eigenvalue weighted by atomic mass is 16.5. The maximum absolute atomic E-state index is 5.70. The average molecular weight is 298 g/mol. The van der Waals surface area contributed by atoms with Crippen molar-refractivity contribution in [2.45, 2.75) is 31.2 Å². The summed E-state index contributed by atoms with van der Waals surface area (Å²) in [6.45, 7) is 6.36. The first kappa shape index (κ1) is 13.9. The maximum Gasteiger partial charge on any atom is 0.220 e.